The van der Waals surface area contributed by atoms with Gasteiger partial charge < -0.3 is 15.7 Å². The van der Waals surface area contributed by atoms with Gasteiger partial charge in [0.2, 0.25) is 0 Å². The van der Waals surface area contributed by atoms with Crippen LogP contribution in [-0.2, 0) is 6.54 Å². The van der Waals surface area contributed by atoms with E-state index in [4.69, 9.17) is 11.6 Å². The molecule has 0 amide bonds. The Morgan fingerprint density at radius 1 is 1.21 bits per heavy atom. The topological polar surface area (TPSA) is 70.1 Å². The van der Waals surface area contributed by atoms with Crippen molar-refractivity contribution in [3.63, 3.8) is 0 Å². The third kappa shape index (κ3) is 3.23. The average molecular weight is 357 g/mol. The van der Waals surface area contributed by atoms with Crippen LogP contribution in [0.25, 0.3) is 11.0 Å². The van der Waals surface area contributed by atoms with Gasteiger partial charge in [-0.25, -0.2) is 0 Å². The number of alkyl halides is 3. The van der Waals surface area contributed by atoms with Crippen molar-refractivity contribution in [2.75, 3.05) is 6.54 Å². The van der Waals surface area contributed by atoms with E-state index in [1.54, 1.807) is 12.1 Å². The fraction of sp³-hybridized carbons (Fsp3) is 0.200. The van der Waals surface area contributed by atoms with Crippen molar-refractivity contribution in [2.45, 2.75) is 12.7 Å². The molecule has 3 N–H and O–H groups in total. The average Bonchev–Trinajstić information content (AvgIpc) is 2.53. The van der Waals surface area contributed by atoms with E-state index in [0.717, 1.165) is 0 Å². The van der Waals surface area contributed by atoms with Gasteiger partial charge in [0.25, 0.3) is 0 Å². The van der Waals surface area contributed by atoms with E-state index in [2.05, 4.69) is 20.6 Å². The maximum absolute atomic E-state index is 12.8. The molecule has 1 aromatic heterocycles. The fourth-order valence-electron chi connectivity index (χ4n) is 2.29. The molecule has 1 aromatic carbocycles. The summed E-state index contributed by atoms with van der Waals surface area (Å²) in [6.07, 6.45) is -0.240. The number of aliphatic hydroxyl groups is 1. The van der Waals surface area contributed by atoms with E-state index in [1.807, 2.05) is 0 Å². The van der Waals surface area contributed by atoms with Crippen LogP contribution >= 0.6 is 11.6 Å². The summed E-state index contributed by atoms with van der Waals surface area (Å²) in [4.78, 5) is 8.27. The highest BCUT2D eigenvalue weighted by Crippen LogP contribution is 2.30. The monoisotopic (exact) mass is 356 g/mol. The second kappa shape index (κ2) is 6.20. The molecule has 5 nitrogen and oxygen atoms in total. The number of nitrogens with one attached hydrogen (secondary N) is 2. The lowest BCUT2D eigenvalue weighted by Crippen LogP contribution is -2.31. The minimum absolute atomic E-state index is 0.0520. The lowest BCUT2D eigenvalue weighted by atomic mass is 10.1. The first-order valence-electron chi connectivity index (χ1n) is 6.92. The third-order valence-corrected chi connectivity index (χ3v) is 3.87. The van der Waals surface area contributed by atoms with Crippen molar-refractivity contribution in [1.82, 2.24) is 20.6 Å². The molecule has 0 radical (unpaired) electrons. The van der Waals surface area contributed by atoms with Crippen molar-refractivity contribution in [2.24, 2.45) is 0 Å². The summed E-state index contributed by atoms with van der Waals surface area (Å²) >= 11 is 6.16. The van der Waals surface area contributed by atoms with Crippen LogP contribution in [0.1, 0.15) is 5.56 Å². The van der Waals surface area contributed by atoms with Crippen molar-refractivity contribution >= 4 is 22.6 Å². The van der Waals surface area contributed by atoms with Crippen molar-refractivity contribution in [1.29, 1.82) is 0 Å². The molecule has 126 valence electrons. The second-order valence-electron chi connectivity index (χ2n) is 5.11. The summed E-state index contributed by atoms with van der Waals surface area (Å²) in [6.45, 7) is -0.360. The van der Waals surface area contributed by atoms with Crippen LogP contribution in [-0.4, -0.2) is 27.8 Å². The summed E-state index contributed by atoms with van der Waals surface area (Å²) in [6, 6.07) is 3.32. The molecule has 0 saturated carbocycles. The Hall–Kier alpha value is -2.48. The Morgan fingerprint density at radius 3 is 2.54 bits per heavy atom. The molecular formula is C15H12ClF3N4O. The predicted molar refractivity (Wildman–Crippen MR) is 83.2 cm³/mol. The molecular weight excluding hydrogens is 345 g/mol. The van der Waals surface area contributed by atoms with Crippen molar-refractivity contribution < 1.29 is 18.3 Å². The van der Waals surface area contributed by atoms with Gasteiger partial charge in [-0.05, 0) is 17.7 Å². The number of nitrogens with zero attached hydrogens (tertiary/aromatic N) is 2. The molecule has 24 heavy (non-hydrogen) atoms. The van der Waals surface area contributed by atoms with Gasteiger partial charge in [-0.2, -0.15) is 13.2 Å². The van der Waals surface area contributed by atoms with E-state index >= 15 is 0 Å². The highest BCUT2D eigenvalue weighted by Gasteiger charge is 2.38. The van der Waals surface area contributed by atoms with Gasteiger partial charge in [0.1, 0.15) is 5.76 Å². The number of dihydropyridines is 1. The van der Waals surface area contributed by atoms with Crippen LogP contribution in [0.2, 0.25) is 5.02 Å². The van der Waals surface area contributed by atoms with E-state index in [0.29, 0.717) is 21.6 Å². The quantitative estimate of drug-likeness (QED) is 0.788. The molecule has 1 aliphatic heterocycles. The number of rotatable bonds is 3. The van der Waals surface area contributed by atoms with Crippen LogP contribution in [0.15, 0.2) is 47.8 Å². The molecule has 0 atom stereocenters. The highest BCUT2D eigenvalue weighted by molar-refractivity contribution is 6.32. The standard InChI is InChI=1S/C15H12ClF3N4O/c16-10-4-12-11(21-1-2-22-12)3-8(10)5-23-13-7-20-6-9(14(13)24)15(17,18)19/h1-4,7,20,23-24H,5-6H2. The Bertz CT molecular complexity index is 848. The minimum atomic E-state index is -4.60. The van der Waals surface area contributed by atoms with E-state index in [9.17, 15) is 18.3 Å². The molecule has 0 bridgehead atoms. The molecule has 2 heterocycles. The summed E-state index contributed by atoms with van der Waals surface area (Å²) < 4.78 is 38.5. The molecule has 0 unspecified atom stereocenters. The van der Waals surface area contributed by atoms with Crippen LogP contribution in [0.4, 0.5) is 13.2 Å². The lowest BCUT2D eigenvalue weighted by molar-refractivity contribution is -0.0956. The SMILES string of the molecule is OC1=C(C(F)(F)F)CNC=C1NCc1cc2nccnc2cc1Cl. The van der Waals surface area contributed by atoms with Crippen LogP contribution in [0, 0.1) is 0 Å². The number of aliphatic hydroxyl groups excluding tert-OH is 1. The zero-order chi connectivity index (χ0) is 17.3. The maximum Gasteiger partial charge on any atom is 0.418 e. The van der Waals surface area contributed by atoms with E-state index < -0.39 is 24.1 Å². The van der Waals surface area contributed by atoms with Crippen LogP contribution < -0.4 is 10.6 Å². The fourth-order valence-corrected chi connectivity index (χ4v) is 2.52. The van der Waals surface area contributed by atoms with Gasteiger partial charge >= 0.3 is 6.18 Å². The first-order valence-corrected chi connectivity index (χ1v) is 7.30. The van der Waals surface area contributed by atoms with E-state index in [-0.39, 0.29) is 12.2 Å². The molecule has 3 rings (SSSR count). The second-order valence-corrected chi connectivity index (χ2v) is 5.51. The largest absolute Gasteiger partial charge is 0.505 e. The van der Waals surface area contributed by atoms with Gasteiger partial charge in [-0.3, -0.25) is 9.97 Å². The van der Waals surface area contributed by atoms with Gasteiger partial charge in [0.05, 0.1) is 22.3 Å². The minimum Gasteiger partial charge on any atom is -0.505 e. The number of aromatic nitrogens is 2. The van der Waals surface area contributed by atoms with Crippen molar-refractivity contribution in [3.8, 4) is 0 Å². The van der Waals surface area contributed by atoms with Gasteiger partial charge in [0.15, 0.2) is 0 Å². The normalized spacial score (nSPS) is 15.2. The molecule has 0 spiro atoms. The molecule has 9 heteroatoms. The zero-order valence-corrected chi connectivity index (χ0v) is 12.9. The molecule has 1 aliphatic rings. The first-order chi connectivity index (χ1) is 11.4. The zero-order valence-electron chi connectivity index (χ0n) is 12.2. The summed E-state index contributed by atoms with van der Waals surface area (Å²) in [7, 11) is 0. The Labute approximate surface area is 139 Å². The number of hydrogen-bond acceptors (Lipinski definition) is 5. The van der Waals surface area contributed by atoms with Gasteiger partial charge in [-0.1, -0.05) is 11.6 Å². The predicted octanol–water partition coefficient (Wildman–Crippen LogP) is 3.19. The van der Waals surface area contributed by atoms with Gasteiger partial charge in [-0.15, -0.1) is 0 Å². The molecule has 0 fully saturated rings. The third-order valence-electron chi connectivity index (χ3n) is 3.52. The summed E-state index contributed by atoms with van der Waals surface area (Å²) in [5.41, 5.74) is 0.779. The number of hydrogen-bond donors (Lipinski definition) is 3. The van der Waals surface area contributed by atoms with Crippen molar-refractivity contribution in [3.05, 3.63) is 58.3 Å². The molecule has 0 saturated heterocycles. The molecule has 2 aromatic rings. The van der Waals surface area contributed by atoms with Gasteiger partial charge in [0, 0.05) is 36.7 Å². The number of benzene rings is 1. The Balaban J connectivity index is 1.82. The highest BCUT2D eigenvalue weighted by atomic mass is 35.5. The Morgan fingerprint density at radius 2 is 1.88 bits per heavy atom. The van der Waals surface area contributed by atoms with E-state index in [1.165, 1.54) is 18.6 Å². The van der Waals surface area contributed by atoms with Crippen LogP contribution in [0.5, 0.6) is 0 Å². The summed E-state index contributed by atoms with van der Waals surface area (Å²) in [5, 5.41) is 15.5. The van der Waals surface area contributed by atoms with Crippen LogP contribution in [0.3, 0.4) is 0 Å². The Kier molecular flexibility index (Phi) is 4.23. The maximum atomic E-state index is 12.8. The lowest BCUT2D eigenvalue weighted by Gasteiger charge is -2.21. The first kappa shape index (κ1) is 16.4. The number of fused-ring (bicyclic) bond motifs is 1. The number of halogens is 4. The smallest absolute Gasteiger partial charge is 0.418 e. The summed E-state index contributed by atoms with van der Waals surface area (Å²) in [5.74, 6) is -0.821. The molecule has 0 aliphatic carbocycles.